The Morgan fingerprint density at radius 3 is 2.10 bits per heavy atom. The van der Waals surface area contributed by atoms with Crippen LogP contribution < -0.4 is 0 Å². The number of nitrogens with zero attached hydrogens (tertiary/aromatic N) is 2. The van der Waals surface area contributed by atoms with E-state index < -0.39 is 5.60 Å². The number of ether oxygens (including phenoxy) is 1. The Morgan fingerprint density at radius 2 is 1.65 bits per heavy atom. The van der Waals surface area contributed by atoms with Gasteiger partial charge in [0.1, 0.15) is 5.60 Å². The zero-order valence-corrected chi connectivity index (χ0v) is 13.3. The number of rotatable bonds is 1. The second-order valence-electron chi connectivity index (χ2n) is 6.68. The second-order valence-corrected chi connectivity index (χ2v) is 6.68. The molecule has 1 aromatic rings. The molecule has 0 aliphatic carbocycles. The third-order valence-electron chi connectivity index (χ3n) is 3.81. The Morgan fingerprint density at radius 1 is 1.15 bits per heavy atom. The van der Waals surface area contributed by atoms with Crippen molar-refractivity contribution in [2.24, 2.45) is 0 Å². The molecule has 4 nitrogen and oxygen atoms in total. The fourth-order valence-electron chi connectivity index (χ4n) is 2.89. The average molecular weight is 278 g/mol. The van der Waals surface area contributed by atoms with Gasteiger partial charge in [0.05, 0.1) is 0 Å². The molecule has 0 radical (unpaired) electrons. The summed E-state index contributed by atoms with van der Waals surface area (Å²) in [4.78, 5) is 13.9. The van der Waals surface area contributed by atoms with Gasteiger partial charge in [-0.05, 0) is 59.6 Å². The molecule has 0 bridgehead atoms. The van der Waals surface area contributed by atoms with Crippen LogP contribution in [0.25, 0.3) is 0 Å². The van der Waals surface area contributed by atoms with Crippen LogP contribution in [0.1, 0.15) is 51.0 Å². The zero-order chi connectivity index (χ0) is 14.9. The maximum Gasteiger partial charge on any atom is 0.410 e. The summed E-state index contributed by atoms with van der Waals surface area (Å²) >= 11 is 0. The fraction of sp³-hybridized carbons (Fsp3) is 0.688. The van der Waals surface area contributed by atoms with Crippen molar-refractivity contribution in [1.82, 2.24) is 9.47 Å². The maximum absolute atomic E-state index is 12.0. The van der Waals surface area contributed by atoms with Crippen LogP contribution in [0.2, 0.25) is 0 Å². The van der Waals surface area contributed by atoms with Crippen molar-refractivity contribution < 1.29 is 9.53 Å². The highest BCUT2D eigenvalue weighted by Gasteiger charge is 2.28. The molecule has 2 heterocycles. The minimum atomic E-state index is -0.415. The first-order valence-electron chi connectivity index (χ1n) is 7.40. The van der Waals surface area contributed by atoms with Crippen LogP contribution in [0, 0.1) is 13.8 Å². The Bertz CT molecular complexity index is 458. The number of aromatic nitrogens is 1. The van der Waals surface area contributed by atoms with Gasteiger partial charge in [-0.2, -0.15) is 0 Å². The number of carbonyl (C=O) groups excluding carboxylic acids is 1. The summed E-state index contributed by atoms with van der Waals surface area (Å²) in [6, 6.07) is 4.83. The van der Waals surface area contributed by atoms with Crippen LogP contribution in [0.15, 0.2) is 12.1 Å². The number of likely N-dealkylation sites (tertiary alicyclic amines) is 1. The molecule has 1 saturated heterocycles. The molecule has 4 heteroatoms. The van der Waals surface area contributed by atoms with E-state index in [4.69, 9.17) is 4.74 Å². The van der Waals surface area contributed by atoms with Gasteiger partial charge < -0.3 is 14.2 Å². The predicted octanol–water partition coefficient (Wildman–Crippen LogP) is 3.68. The summed E-state index contributed by atoms with van der Waals surface area (Å²) in [7, 11) is 0. The third kappa shape index (κ3) is 3.35. The summed E-state index contributed by atoms with van der Waals surface area (Å²) in [5.74, 6) is 0. The topological polar surface area (TPSA) is 34.5 Å². The van der Waals surface area contributed by atoms with Crippen LogP contribution in [-0.2, 0) is 4.74 Å². The van der Waals surface area contributed by atoms with Gasteiger partial charge in [-0.3, -0.25) is 0 Å². The van der Waals surface area contributed by atoms with Crippen molar-refractivity contribution >= 4 is 6.09 Å². The van der Waals surface area contributed by atoms with E-state index in [0.717, 1.165) is 25.9 Å². The molecule has 20 heavy (non-hydrogen) atoms. The third-order valence-corrected chi connectivity index (χ3v) is 3.81. The van der Waals surface area contributed by atoms with Crippen LogP contribution >= 0.6 is 0 Å². The average Bonchev–Trinajstić information content (AvgIpc) is 2.67. The summed E-state index contributed by atoms with van der Waals surface area (Å²) in [6.45, 7) is 11.6. The van der Waals surface area contributed by atoms with Crippen molar-refractivity contribution in [3.63, 3.8) is 0 Å². The Hall–Kier alpha value is -1.45. The molecule has 1 fully saturated rings. The van der Waals surface area contributed by atoms with Crippen LogP contribution in [0.4, 0.5) is 4.79 Å². The molecule has 1 aliphatic heterocycles. The van der Waals surface area contributed by atoms with E-state index in [-0.39, 0.29) is 6.09 Å². The van der Waals surface area contributed by atoms with E-state index >= 15 is 0 Å². The van der Waals surface area contributed by atoms with E-state index in [2.05, 4.69) is 30.5 Å². The lowest BCUT2D eigenvalue weighted by molar-refractivity contribution is 0.0188. The quantitative estimate of drug-likeness (QED) is 0.785. The molecule has 2 rings (SSSR count). The van der Waals surface area contributed by atoms with Gasteiger partial charge in [0.2, 0.25) is 0 Å². The molecule has 0 N–H and O–H groups in total. The van der Waals surface area contributed by atoms with Crippen LogP contribution in [0.5, 0.6) is 0 Å². The van der Waals surface area contributed by atoms with E-state index in [1.54, 1.807) is 0 Å². The molecule has 0 saturated carbocycles. The Balaban J connectivity index is 1.94. The molecule has 0 spiro atoms. The molecule has 0 aromatic carbocycles. The Labute approximate surface area is 121 Å². The van der Waals surface area contributed by atoms with Crippen LogP contribution in [0.3, 0.4) is 0 Å². The molecule has 1 amide bonds. The zero-order valence-electron chi connectivity index (χ0n) is 13.3. The number of carbonyl (C=O) groups is 1. The Kier molecular flexibility index (Phi) is 4.11. The highest BCUT2D eigenvalue weighted by Crippen LogP contribution is 2.27. The largest absolute Gasteiger partial charge is 0.444 e. The maximum atomic E-state index is 12.0. The molecular weight excluding hydrogens is 252 g/mol. The van der Waals surface area contributed by atoms with Gasteiger partial charge in [0.25, 0.3) is 0 Å². The van der Waals surface area contributed by atoms with Gasteiger partial charge in [-0.1, -0.05) is 0 Å². The standard InChI is InChI=1S/C16H26N2O2/c1-12-6-7-13(2)18(12)14-8-10-17(11-9-14)15(19)20-16(3,4)5/h6-7,14H,8-11H2,1-5H3. The van der Waals surface area contributed by atoms with E-state index in [1.807, 2.05) is 25.7 Å². The lowest BCUT2D eigenvalue weighted by atomic mass is 10.0. The molecule has 1 aliphatic rings. The fourth-order valence-corrected chi connectivity index (χ4v) is 2.89. The first-order valence-corrected chi connectivity index (χ1v) is 7.40. The molecular formula is C16H26N2O2. The number of hydrogen-bond donors (Lipinski definition) is 0. The summed E-state index contributed by atoms with van der Waals surface area (Å²) < 4.78 is 7.83. The summed E-state index contributed by atoms with van der Waals surface area (Å²) in [5.41, 5.74) is 2.19. The van der Waals surface area contributed by atoms with Gasteiger partial charge >= 0.3 is 6.09 Å². The van der Waals surface area contributed by atoms with E-state index in [9.17, 15) is 4.79 Å². The van der Waals surface area contributed by atoms with Gasteiger partial charge in [0.15, 0.2) is 0 Å². The van der Waals surface area contributed by atoms with Crippen molar-refractivity contribution in [1.29, 1.82) is 0 Å². The van der Waals surface area contributed by atoms with Crippen molar-refractivity contribution in [3.8, 4) is 0 Å². The molecule has 0 atom stereocenters. The predicted molar refractivity (Wildman–Crippen MR) is 80.0 cm³/mol. The normalized spacial score (nSPS) is 17.4. The van der Waals surface area contributed by atoms with Gasteiger partial charge in [0, 0.05) is 30.5 Å². The first-order chi connectivity index (χ1) is 9.28. The van der Waals surface area contributed by atoms with Crippen molar-refractivity contribution in [2.75, 3.05) is 13.1 Å². The van der Waals surface area contributed by atoms with Crippen molar-refractivity contribution in [2.45, 2.75) is 59.1 Å². The summed E-state index contributed by atoms with van der Waals surface area (Å²) in [6.07, 6.45) is 1.81. The lowest BCUT2D eigenvalue weighted by Crippen LogP contribution is -2.42. The van der Waals surface area contributed by atoms with Crippen LogP contribution in [-0.4, -0.2) is 34.3 Å². The number of amides is 1. The van der Waals surface area contributed by atoms with E-state index in [0.29, 0.717) is 6.04 Å². The minimum Gasteiger partial charge on any atom is -0.444 e. The van der Waals surface area contributed by atoms with E-state index in [1.165, 1.54) is 11.4 Å². The lowest BCUT2D eigenvalue weighted by Gasteiger charge is -2.35. The smallest absolute Gasteiger partial charge is 0.410 e. The SMILES string of the molecule is Cc1ccc(C)n1C1CCN(C(=O)OC(C)(C)C)CC1. The summed E-state index contributed by atoms with van der Waals surface area (Å²) in [5, 5.41) is 0. The van der Waals surface area contributed by atoms with Gasteiger partial charge in [-0.15, -0.1) is 0 Å². The second kappa shape index (κ2) is 5.51. The number of hydrogen-bond acceptors (Lipinski definition) is 2. The minimum absolute atomic E-state index is 0.183. The van der Waals surface area contributed by atoms with Crippen molar-refractivity contribution in [3.05, 3.63) is 23.5 Å². The highest BCUT2D eigenvalue weighted by atomic mass is 16.6. The van der Waals surface area contributed by atoms with Gasteiger partial charge in [-0.25, -0.2) is 4.79 Å². The monoisotopic (exact) mass is 278 g/mol. The molecule has 1 aromatic heterocycles. The first kappa shape index (κ1) is 14.9. The highest BCUT2D eigenvalue weighted by molar-refractivity contribution is 5.68. The molecule has 0 unspecified atom stereocenters. The number of piperidine rings is 1. The number of aryl methyl sites for hydroxylation is 2. The molecule has 112 valence electrons.